The van der Waals surface area contributed by atoms with Crippen molar-refractivity contribution in [3.05, 3.63) is 18.0 Å². The third kappa shape index (κ3) is 2.08. The molecule has 62 valence electrons. The van der Waals surface area contributed by atoms with Crippen molar-refractivity contribution in [3.8, 4) is 0 Å². The van der Waals surface area contributed by atoms with E-state index in [0.717, 1.165) is 0 Å². The Morgan fingerprint density at radius 1 is 1.92 bits per heavy atom. The second-order valence-corrected chi connectivity index (χ2v) is 2.42. The number of ketones is 1. The van der Waals surface area contributed by atoms with Crippen LogP contribution in [0.1, 0.15) is 10.4 Å². The first kappa shape index (κ1) is 8.77. The Bertz CT molecular complexity index is 338. The average Bonchev–Trinajstić information content (AvgIpc) is 2.47. The number of aryl methyl sites for hydroxylation is 1. The summed E-state index contributed by atoms with van der Waals surface area (Å²) < 4.78 is 1.56. The molecule has 1 aromatic rings. The van der Waals surface area contributed by atoms with Gasteiger partial charge in [-0.05, 0) is 12.2 Å². The van der Waals surface area contributed by atoms with E-state index in [2.05, 4.69) is 27.5 Å². The minimum atomic E-state index is -0.0968. The van der Waals surface area contributed by atoms with E-state index in [0.29, 0.717) is 5.56 Å². The van der Waals surface area contributed by atoms with Crippen molar-refractivity contribution in [1.82, 2.24) is 9.78 Å². The van der Waals surface area contributed by atoms with Crippen LogP contribution in [-0.2, 0) is 7.05 Å². The van der Waals surface area contributed by atoms with Crippen LogP contribution in [-0.4, -0.2) is 27.3 Å². The maximum absolute atomic E-state index is 11.2. The fourth-order valence-corrected chi connectivity index (χ4v) is 0.825. The van der Waals surface area contributed by atoms with E-state index in [-0.39, 0.29) is 12.3 Å². The van der Waals surface area contributed by atoms with Crippen molar-refractivity contribution in [2.45, 2.75) is 0 Å². The summed E-state index contributed by atoms with van der Waals surface area (Å²) in [5.74, 6) is -0.0968. The molecule has 1 aromatic heterocycles. The number of rotatable bonds is 3. The molecule has 0 aliphatic rings. The van der Waals surface area contributed by atoms with E-state index in [1.807, 2.05) is 0 Å². The van der Waals surface area contributed by atoms with Gasteiger partial charge in [-0.2, -0.15) is 5.10 Å². The zero-order valence-electron chi connectivity index (χ0n) is 6.52. The minimum Gasteiger partial charge on any atom is -0.292 e. The first-order valence-corrected chi connectivity index (χ1v) is 3.70. The van der Waals surface area contributed by atoms with Gasteiger partial charge in [0, 0.05) is 13.2 Å². The standard InChI is InChI=1S/C7H7N3OS/c1-10-4-6(2-9-10)7(11)3-8-5-12/h2,4H,3H2,1H3. The van der Waals surface area contributed by atoms with Gasteiger partial charge in [0.2, 0.25) is 0 Å². The molecule has 0 unspecified atom stereocenters. The Kier molecular flexibility index (Phi) is 2.85. The lowest BCUT2D eigenvalue weighted by Gasteiger charge is -1.87. The number of aliphatic imine (C=N–C) groups is 1. The van der Waals surface area contributed by atoms with Gasteiger partial charge < -0.3 is 0 Å². The molecule has 12 heavy (non-hydrogen) atoms. The van der Waals surface area contributed by atoms with Crippen LogP contribution >= 0.6 is 12.2 Å². The second-order valence-electron chi connectivity index (χ2n) is 2.23. The molecule has 0 atom stereocenters. The van der Waals surface area contributed by atoms with Gasteiger partial charge in [0.15, 0.2) is 5.78 Å². The fourth-order valence-electron chi connectivity index (χ4n) is 0.761. The monoisotopic (exact) mass is 181 g/mol. The van der Waals surface area contributed by atoms with Crippen LogP contribution in [0.4, 0.5) is 0 Å². The summed E-state index contributed by atoms with van der Waals surface area (Å²) in [6.07, 6.45) is 3.14. The van der Waals surface area contributed by atoms with Crippen LogP contribution in [0.15, 0.2) is 17.4 Å². The molecule has 0 aliphatic heterocycles. The van der Waals surface area contributed by atoms with Crippen molar-refractivity contribution < 1.29 is 4.79 Å². The molecule has 0 N–H and O–H groups in total. The number of carbonyl (C=O) groups excluding carboxylic acids is 1. The molecular weight excluding hydrogens is 174 g/mol. The Labute approximate surface area is 74.9 Å². The lowest BCUT2D eigenvalue weighted by atomic mass is 10.2. The molecule has 4 nitrogen and oxygen atoms in total. The number of Topliss-reactive ketones (excluding diaryl/α,β-unsaturated/α-hetero) is 1. The van der Waals surface area contributed by atoms with Gasteiger partial charge in [0.05, 0.1) is 16.9 Å². The molecule has 0 spiro atoms. The van der Waals surface area contributed by atoms with Gasteiger partial charge >= 0.3 is 0 Å². The van der Waals surface area contributed by atoms with Crippen LogP contribution in [0.5, 0.6) is 0 Å². The van der Waals surface area contributed by atoms with E-state index in [1.54, 1.807) is 17.9 Å². The highest BCUT2D eigenvalue weighted by molar-refractivity contribution is 7.78. The highest BCUT2D eigenvalue weighted by Crippen LogP contribution is 1.97. The van der Waals surface area contributed by atoms with Gasteiger partial charge in [0.1, 0.15) is 6.54 Å². The van der Waals surface area contributed by atoms with Crippen LogP contribution in [0.25, 0.3) is 0 Å². The smallest absolute Gasteiger partial charge is 0.188 e. The Balaban J connectivity index is 2.71. The molecule has 0 saturated carbocycles. The fraction of sp³-hybridized carbons (Fsp3) is 0.286. The topological polar surface area (TPSA) is 47.2 Å². The summed E-state index contributed by atoms with van der Waals surface area (Å²) in [6.45, 7) is 0.0508. The molecular formula is C7H7N3OS. The number of isothiocyanates is 1. The lowest BCUT2D eigenvalue weighted by molar-refractivity contribution is 0.100. The summed E-state index contributed by atoms with van der Waals surface area (Å²) in [5.41, 5.74) is 0.548. The van der Waals surface area contributed by atoms with Gasteiger partial charge in [-0.1, -0.05) is 0 Å². The third-order valence-corrected chi connectivity index (χ3v) is 1.44. The van der Waals surface area contributed by atoms with Crippen LogP contribution in [0.2, 0.25) is 0 Å². The largest absolute Gasteiger partial charge is 0.292 e. The summed E-state index contributed by atoms with van der Waals surface area (Å²) in [4.78, 5) is 14.7. The summed E-state index contributed by atoms with van der Waals surface area (Å²) in [7, 11) is 1.75. The number of hydrogen-bond acceptors (Lipinski definition) is 4. The van der Waals surface area contributed by atoms with Gasteiger partial charge in [-0.15, -0.1) is 0 Å². The van der Waals surface area contributed by atoms with Crippen molar-refractivity contribution in [1.29, 1.82) is 0 Å². The van der Waals surface area contributed by atoms with Gasteiger partial charge in [-0.3, -0.25) is 9.48 Å². The molecule has 0 amide bonds. The highest BCUT2D eigenvalue weighted by Gasteiger charge is 2.05. The predicted molar refractivity (Wildman–Crippen MR) is 47.4 cm³/mol. The summed E-state index contributed by atoms with van der Waals surface area (Å²) >= 11 is 4.34. The zero-order chi connectivity index (χ0) is 8.97. The molecule has 0 bridgehead atoms. The zero-order valence-corrected chi connectivity index (χ0v) is 7.34. The predicted octanol–water partition coefficient (Wildman–Crippen LogP) is 0.706. The van der Waals surface area contributed by atoms with Crippen molar-refractivity contribution >= 4 is 23.2 Å². The first-order valence-electron chi connectivity index (χ1n) is 3.29. The molecule has 0 aliphatic carbocycles. The molecule has 1 rings (SSSR count). The average molecular weight is 181 g/mol. The number of thiocarbonyl (C=S) groups is 1. The van der Waals surface area contributed by atoms with Crippen molar-refractivity contribution in [2.24, 2.45) is 12.0 Å². The molecule has 0 radical (unpaired) electrons. The lowest BCUT2D eigenvalue weighted by Crippen LogP contribution is -2.01. The van der Waals surface area contributed by atoms with E-state index < -0.39 is 0 Å². The quantitative estimate of drug-likeness (QED) is 0.392. The second kappa shape index (κ2) is 3.90. The summed E-state index contributed by atoms with van der Waals surface area (Å²) in [5, 5.41) is 5.99. The molecule has 5 heteroatoms. The van der Waals surface area contributed by atoms with E-state index in [1.165, 1.54) is 6.20 Å². The number of carbonyl (C=O) groups is 1. The maximum Gasteiger partial charge on any atom is 0.188 e. The van der Waals surface area contributed by atoms with Crippen LogP contribution in [0, 0.1) is 0 Å². The Morgan fingerprint density at radius 3 is 3.17 bits per heavy atom. The Morgan fingerprint density at radius 2 is 2.67 bits per heavy atom. The molecule has 1 heterocycles. The molecule has 0 aromatic carbocycles. The number of nitrogens with zero attached hydrogens (tertiary/aromatic N) is 3. The van der Waals surface area contributed by atoms with Gasteiger partial charge in [0.25, 0.3) is 0 Å². The summed E-state index contributed by atoms with van der Waals surface area (Å²) in [6, 6.07) is 0. The number of aromatic nitrogens is 2. The van der Waals surface area contributed by atoms with Crippen LogP contribution < -0.4 is 0 Å². The maximum atomic E-state index is 11.2. The molecule has 0 saturated heterocycles. The van der Waals surface area contributed by atoms with E-state index >= 15 is 0 Å². The first-order chi connectivity index (χ1) is 5.74. The molecule has 0 fully saturated rings. The van der Waals surface area contributed by atoms with Crippen molar-refractivity contribution in [2.75, 3.05) is 6.54 Å². The minimum absolute atomic E-state index is 0.0508. The normalized spacial score (nSPS) is 9.08. The number of hydrogen-bond donors (Lipinski definition) is 0. The van der Waals surface area contributed by atoms with E-state index in [9.17, 15) is 4.79 Å². The van der Waals surface area contributed by atoms with Gasteiger partial charge in [-0.25, -0.2) is 4.99 Å². The van der Waals surface area contributed by atoms with E-state index in [4.69, 9.17) is 0 Å². The third-order valence-electron chi connectivity index (χ3n) is 1.31. The van der Waals surface area contributed by atoms with Crippen molar-refractivity contribution in [3.63, 3.8) is 0 Å². The SMILES string of the molecule is Cn1cc(C(=O)CN=C=S)cn1. The highest BCUT2D eigenvalue weighted by atomic mass is 32.1. The Hall–Kier alpha value is -1.32. The van der Waals surface area contributed by atoms with Crippen LogP contribution in [0.3, 0.4) is 0 Å².